The first-order chi connectivity index (χ1) is 18.1. The number of ether oxygens (including phenoxy) is 1. The zero-order chi connectivity index (χ0) is 27.2. The van der Waals surface area contributed by atoms with Crippen molar-refractivity contribution in [1.29, 1.82) is 5.26 Å². The lowest BCUT2D eigenvalue weighted by Gasteiger charge is -2.30. The van der Waals surface area contributed by atoms with Gasteiger partial charge in [-0.05, 0) is 46.6 Å². The zero-order valence-electron chi connectivity index (χ0n) is 22.0. The molecular formula is C27H29ClN7O2P. The molecule has 1 aliphatic rings. The number of nitriles is 1. The fourth-order valence-corrected chi connectivity index (χ4v) is 6.14. The minimum atomic E-state index is -0.565. The average molecular weight is 550 g/mol. The van der Waals surface area contributed by atoms with Gasteiger partial charge >= 0.3 is 6.09 Å². The van der Waals surface area contributed by atoms with Crippen LogP contribution in [0.25, 0.3) is 27.8 Å². The van der Waals surface area contributed by atoms with Crippen LogP contribution in [-0.4, -0.2) is 62.4 Å². The van der Waals surface area contributed by atoms with E-state index in [1.54, 1.807) is 21.7 Å². The Bertz CT molecular complexity index is 1620. The van der Waals surface area contributed by atoms with E-state index in [0.29, 0.717) is 47.4 Å². The highest BCUT2D eigenvalue weighted by molar-refractivity contribution is 7.64. The summed E-state index contributed by atoms with van der Waals surface area (Å²) in [5.74, 6) is 0.531. The van der Waals surface area contributed by atoms with E-state index in [4.69, 9.17) is 21.3 Å². The van der Waals surface area contributed by atoms with E-state index in [2.05, 4.69) is 40.8 Å². The van der Waals surface area contributed by atoms with Gasteiger partial charge in [0.1, 0.15) is 16.4 Å². The molecule has 0 saturated carbocycles. The maximum absolute atomic E-state index is 12.7. The van der Waals surface area contributed by atoms with Gasteiger partial charge < -0.3 is 19.9 Å². The second-order valence-corrected chi connectivity index (χ2v) is 13.0. The van der Waals surface area contributed by atoms with Crippen molar-refractivity contribution in [2.45, 2.75) is 32.8 Å². The molecule has 11 heteroatoms. The van der Waals surface area contributed by atoms with Crippen molar-refractivity contribution in [2.75, 3.05) is 31.7 Å². The number of amides is 1. The van der Waals surface area contributed by atoms with Crippen LogP contribution < -0.4 is 10.6 Å². The number of anilines is 1. The molecule has 1 aliphatic heterocycles. The van der Waals surface area contributed by atoms with Crippen LogP contribution in [0.1, 0.15) is 32.8 Å². The Morgan fingerprint density at radius 3 is 2.82 bits per heavy atom. The molecule has 4 aromatic rings. The number of aromatic amines is 1. The van der Waals surface area contributed by atoms with Crippen molar-refractivity contribution >= 4 is 53.3 Å². The lowest BCUT2D eigenvalue weighted by Crippen LogP contribution is -2.41. The van der Waals surface area contributed by atoms with Crippen molar-refractivity contribution in [3.63, 3.8) is 0 Å². The van der Waals surface area contributed by atoms with Gasteiger partial charge in [0.05, 0.1) is 23.7 Å². The SMILES string of the molecule is CP(C)c1c(C#N)ccc2c(-c3nc(NC4=CCCN(C(=O)OC(C)(C)C)C4)c4nccn4c3Cl)c[nH]c12. The molecule has 9 nitrogen and oxygen atoms in total. The summed E-state index contributed by atoms with van der Waals surface area (Å²) in [6.07, 6.45) is 7.76. The van der Waals surface area contributed by atoms with Crippen molar-refractivity contribution in [1.82, 2.24) is 24.3 Å². The predicted octanol–water partition coefficient (Wildman–Crippen LogP) is 5.71. The van der Waals surface area contributed by atoms with E-state index in [1.165, 1.54) is 0 Å². The van der Waals surface area contributed by atoms with Crippen LogP contribution in [0.2, 0.25) is 5.15 Å². The third kappa shape index (κ3) is 4.82. The number of hydrogen-bond acceptors (Lipinski definition) is 6. The summed E-state index contributed by atoms with van der Waals surface area (Å²) in [5, 5.41) is 15.4. The van der Waals surface area contributed by atoms with Gasteiger partial charge in [0.25, 0.3) is 0 Å². The molecule has 4 heterocycles. The number of imidazole rings is 1. The van der Waals surface area contributed by atoms with Crippen molar-refractivity contribution in [2.24, 2.45) is 0 Å². The Labute approximate surface area is 227 Å². The molecule has 38 heavy (non-hydrogen) atoms. The quantitative estimate of drug-likeness (QED) is 0.316. The summed E-state index contributed by atoms with van der Waals surface area (Å²) < 4.78 is 7.35. The molecule has 0 fully saturated rings. The Balaban J connectivity index is 1.54. The van der Waals surface area contributed by atoms with E-state index in [-0.39, 0.29) is 6.09 Å². The summed E-state index contributed by atoms with van der Waals surface area (Å²) in [4.78, 5) is 27.1. The maximum atomic E-state index is 12.7. The molecule has 1 amide bonds. The number of H-pyrrole nitrogens is 1. The summed E-state index contributed by atoms with van der Waals surface area (Å²) in [6.45, 7) is 10.8. The second kappa shape index (κ2) is 9.94. The van der Waals surface area contributed by atoms with Gasteiger partial charge in [-0.2, -0.15) is 5.26 Å². The van der Waals surface area contributed by atoms with Crippen molar-refractivity contribution in [3.8, 4) is 17.3 Å². The number of rotatable bonds is 4. The molecule has 0 saturated heterocycles. The van der Waals surface area contributed by atoms with Crippen LogP contribution in [0.4, 0.5) is 10.6 Å². The fraction of sp³-hybridized carbons (Fsp3) is 0.333. The van der Waals surface area contributed by atoms with E-state index >= 15 is 0 Å². The highest BCUT2D eigenvalue weighted by Crippen LogP contribution is 2.38. The summed E-state index contributed by atoms with van der Waals surface area (Å²) in [5.41, 5.74) is 3.85. The van der Waals surface area contributed by atoms with Crippen LogP contribution >= 0.6 is 19.5 Å². The van der Waals surface area contributed by atoms with E-state index in [1.807, 2.05) is 39.1 Å². The molecule has 5 rings (SSSR count). The van der Waals surface area contributed by atoms with Gasteiger partial charge in [0, 0.05) is 47.1 Å². The molecule has 1 aromatic carbocycles. The first-order valence-electron chi connectivity index (χ1n) is 12.3. The topological polar surface area (TPSA) is 111 Å². The smallest absolute Gasteiger partial charge is 0.410 e. The first-order valence-corrected chi connectivity index (χ1v) is 14.9. The predicted molar refractivity (Wildman–Crippen MR) is 153 cm³/mol. The van der Waals surface area contributed by atoms with Crippen LogP contribution in [0.5, 0.6) is 0 Å². The number of halogens is 1. The molecule has 0 radical (unpaired) electrons. The second-order valence-electron chi connectivity index (χ2n) is 10.4. The molecule has 0 spiro atoms. The number of nitrogens with zero attached hydrogens (tertiary/aromatic N) is 5. The largest absolute Gasteiger partial charge is 0.444 e. The molecule has 196 valence electrons. The van der Waals surface area contributed by atoms with Gasteiger partial charge in [-0.25, -0.2) is 14.8 Å². The third-order valence-electron chi connectivity index (χ3n) is 6.22. The average Bonchev–Trinajstić information content (AvgIpc) is 3.52. The number of carbonyl (C=O) groups excluding carboxylic acids is 1. The molecule has 2 N–H and O–H groups in total. The Morgan fingerprint density at radius 2 is 2.11 bits per heavy atom. The van der Waals surface area contributed by atoms with Crippen LogP contribution in [-0.2, 0) is 4.74 Å². The number of hydrogen-bond donors (Lipinski definition) is 2. The minimum absolute atomic E-state index is 0.348. The zero-order valence-corrected chi connectivity index (χ0v) is 23.6. The minimum Gasteiger partial charge on any atom is -0.444 e. The van der Waals surface area contributed by atoms with Crippen LogP contribution in [0.15, 0.2) is 42.5 Å². The lowest BCUT2D eigenvalue weighted by atomic mass is 10.1. The van der Waals surface area contributed by atoms with Gasteiger partial charge in [-0.3, -0.25) is 4.40 Å². The molecular weight excluding hydrogens is 521 g/mol. The highest BCUT2D eigenvalue weighted by atomic mass is 35.5. The third-order valence-corrected chi connectivity index (χ3v) is 7.94. The normalized spacial score (nSPS) is 14.2. The van der Waals surface area contributed by atoms with E-state index in [9.17, 15) is 10.1 Å². The Morgan fingerprint density at radius 1 is 1.32 bits per heavy atom. The van der Waals surface area contributed by atoms with Gasteiger partial charge in [-0.1, -0.05) is 31.7 Å². The number of nitrogens with one attached hydrogen (secondary N) is 2. The molecule has 0 bridgehead atoms. The lowest BCUT2D eigenvalue weighted by molar-refractivity contribution is 0.0263. The summed E-state index contributed by atoms with van der Waals surface area (Å²) in [7, 11) is -0.527. The van der Waals surface area contributed by atoms with Gasteiger partial charge in [-0.15, -0.1) is 0 Å². The first kappa shape index (κ1) is 26.0. The van der Waals surface area contributed by atoms with Gasteiger partial charge in [0.2, 0.25) is 0 Å². The molecule has 0 aliphatic carbocycles. The fourth-order valence-electron chi connectivity index (χ4n) is 4.62. The van der Waals surface area contributed by atoms with Crippen LogP contribution in [0, 0.1) is 11.3 Å². The van der Waals surface area contributed by atoms with Crippen molar-refractivity contribution < 1.29 is 9.53 Å². The molecule has 0 unspecified atom stereocenters. The van der Waals surface area contributed by atoms with Crippen LogP contribution in [0.3, 0.4) is 0 Å². The maximum Gasteiger partial charge on any atom is 0.410 e. The molecule has 3 aromatic heterocycles. The van der Waals surface area contributed by atoms with E-state index < -0.39 is 13.5 Å². The number of fused-ring (bicyclic) bond motifs is 2. The Hall–Kier alpha value is -3.60. The summed E-state index contributed by atoms with van der Waals surface area (Å²) in [6, 6.07) is 6.12. The monoisotopic (exact) mass is 549 g/mol. The standard InChI is InChI=1S/C27H29ClN7O2P/c1-27(2,3)37-26(36)34-11-6-7-17(15-34)32-24-25-30-10-12-35(25)23(28)21(33-24)19-14-31-20-18(19)9-8-16(13-29)22(20)38(4)5/h7-10,12,14,31H,6,11,15H2,1-5H3,(H,32,33). The van der Waals surface area contributed by atoms with Gasteiger partial charge in [0.15, 0.2) is 11.5 Å². The number of benzene rings is 1. The number of aromatic nitrogens is 4. The summed E-state index contributed by atoms with van der Waals surface area (Å²) >= 11 is 6.86. The molecule has 0 atom stereocenters. The highest BCUT2D eigenvalue weighted by Gasteiger charge is 2.26. The number of carbonyl (C=O) groups is 1. The van der Waals surface area contributed by atoms with E-state index in [0.717, 1.165) is 27.5 Å². The Kier molecular flexibility index (Phi) is 6.81. The van der Waals surface area contributed by atoms with Crippen molar-refractivity contribution in [3.05, 3.63) is 53.2 Å².